The number of hydrogen-bond donors (Lipinski definition) is 1. The summed E-state index contributed by atoms with van der Waals surface area (Å²) in [7, 11) is 1.68. The maximum Gasteiger partial charge on any atom is 0.133 e. The van der Waals surface area contributed by atoms with E-state index in [1.165, 1.54) is 14.7 Å². The Labute approximate surface area is 142 Å². The predicted octanol–water partition coefficient (Wildman–Crippen LogP) is 5.54. The molecule has 1 unspecified atom stereocenters. The van der Waals surface area contributed by atoms with Crippen molar-refractivity contribution in [2.24, 2.45) is 0 Å². The predicted molar refractivity (Wildman–Crippen MR) is 96.6 cm³/mol. The lowest BCUT2D eigenvalue weighted by molar-refractivity contribution is 0.412. The first kappa shape index (κ1) is 15.6. The van der Waals surface area contributed by atoms with Crippen LogP contribution in [0.1, 0.15) is 24.1 Å². The van der Waals surface area contributed by atoms with Gasteiger partial charge >= 0.3 is 0 Å². The smallest absolute Gasteiger partial charge is 0.133 e. The Morgan fingerprint density at radius 1 is 1.20 bits per heavy atom. The second-order valence-electron chi connectivity index (χ2n) is 4.72. The second kappa shape index (κ2) is 6.80. The monoisotopic (exact) mass is 445 g/mol. The van der Waals surface area contributed by atoms with Gasteiger partial charge in [-0.05, 0) is 87.8 Å². The van der Waals surface area contributed by atoms with Gasteiger partial charge in [-0.25, -0.2) is 0 Å². The highest BCUT2D eigenvalue weighted by molar-refractivity contribution is 14.1. The molecule has 0 amide bonds. The third kappa shape index (κ3) is 3.67. The molecule has 106 valence electrons. The van der Waals surface area contributed by atoms with Crippen molar-refractivity contribution in [2.75, 3.05) is 12.4 Å². The maximum atomic E-state index is 5.26. The van der Waals surface area contributed by atoms with Gasteiger partial charge in [-0.3, -0.25) is 0 Å². The summed E-state index contributed by atoms with van der Waals surface area (Å²) in [6.07, 6.45) is 0. The SMILES string of the molecule is COc1ccc(C(C)Nc2ccc(C)c(I)c2)cc1Br. The molecule has 0 aliphatic rings. The molecule has 1 N–H and O–H groups in total. The van der Waals surface area contributed by atoms with Gasteiger partial charge in [0.15, 0.2) is 0 Å². The van der Waals surface area contributed by atoms with Gasteiger partial charge in [-0.15, -0.1) is 0 Å². The average Bonchev–Trinajstić information content (AvgIpc) is 2.42. The summed E-state index contributed by atoms with van der Waals surface area (Å²) in [6.45, 7) is 4.27. The van der Waals surface area contributed by atoms with E-state index >= 15 is 0 Å². The summed E-state index contributed by atoms with van der Waals surface area (Å²) >= 11 is 5.89. The minimum atomic E-state index is 0.232. The highest BCUT2D eigenvalue weighted by atomic mass is 127. The van der Waals surface area contributed by atoms with E-state index < -0.39 is 0 Å². The fourth-order valence-corrected chi connectivity index (χ4v) is 3.04. The van der Waals surface area contributed by atoms with Gasteiger partial charge in [0.2, 0.25) is 0 Å². The van der Waals surface area contributed by atoms with Gasteiger partial charge in [0.1, 0.15) is 5.75 Å². The summed E-state index contributed by atoms with van der Waals surface area (Å²) in [4.78, 5) is 0. The molecular formula is C16H17BrINO. The molecule has 2 rings (SSSR count). The summed E-state index contributed by atoms with van der Waals surface area (Å²) in [5.41, 5.74) is 3.66. The molecule has 20 heavy (non-hydrogen) atoms. The Hall–Kier alpha value is -0.750. The third-order valence-electron chi connectivity index (χ3n) is 3.23. The van der Waals surface area contributed by atoms with Gasteiger partial charge in [-0.1, -0.05) is 12.1 Å². The Morgan fingerprint density at radius 3 is 2.55 bits per heavy atom. The van der Waals surface area contributed by atoms with Gasteiger partial charge < -0.3 is 10.1 Å². The highest BCUT2D eigenvalue weighted by Crippen LogP contribution is 2.29. The zero-order chi connectivity index (χ0) is 14.7. The Kier molecular flexibility index (Phi) is 5.32. The first-order valence-corrected chi connectivity index (χ1v) is 8.24. The van der Waals surface area contributed by atoms with Crippen LogP contribution in [0, 0.1) is 10.5 Å². The normalized spacial score (nSPS) is 12.1. The summed E-state index contributed by atoms with van der Waals surface area (Å²) in [5, 5.41) is 3.52. The molecule has 0 bridgehead atoms. The van der Waals surface area contributed by atoms with Crippen molar-refractivity contribution in [3.63, 3.8) is 0 Å². The van der Waals surface area contributed by atoms with E-state index in [9.17, 15) is 0 Å². The van der Waals surface area contributed by atoms with Crippen molar-refractivity contribution >= 4 is 44.2 Å². The number of aryl methyl sites for hydroxylation is 1. The van der Waals surface area contributed by atoms with Gasteiger partial charge in [0, 0.05) is 15.3 Å². The quantitative estimate of drug-likeness (QED) is 0.623. The number of halogens is 2. The molecule has 0 radical (unpaired) electrons. The lowest BCUT2D eigenvalue weighted by Gasteiger charge is -2.17. The van der Waals surface area contributed by atoms with Crippen molar-refractivity contribution in [1.29, 1.82) is 0 Å². The lowest BCUT2D eigenvalue weighted by atomic mass is 10.1. The minimum Gasteiger partial charge on any atom is -0.496 e. The number of ether oxygens (including phenoxy) is 1. The van der Waals surface area contributed by atoms with Gasteiger partial charge in [0.25, 0.3) is 0 Å². The molecule has 0 fully saturated rings. The first-order valence-electron chi connectivity index (χ1n) is 6.37. The Morgan fingerprint density at radius 2 is 1.95 bits per heavy atom. The molecule has 0 saturated heterocycles. The minimum absolute atomic E-state index is 0.232. The lowest BCUT2D eigenvalue weighted by Crippen LogP contribution is -2.07. The zero-order valence-electron chi connectivity index (χ0n) is 11.7. The summed E-state index contributed by atoms with van der Waals surface area (Å²) < 4.78 is 7.51. The van der Waals surface area contributed by atoms with E-state index in [-0.39, 0.29) is 6.04 Å². The van der Waals surface area contributed by atoms with Crippen LogP contribution in [0.5, 0.6) is 5.75 Å². The third-order valence-corrected chi connectivity index (χ3v) is 5.01. The van der Waals surface area contributed by atoms with Crippen molar-refractivity contribution in [3.8, 4) is 5.75 Å². The van der Waals surface area contributed by atoms with Gasteiger partial charge in [-0.2, -0.15) is 0 Å². The Bertz CT molecular complexity index is 615. The zero-order valence-corrected chi connectivity index (χ0v) is 15.4. The van der Waals surface area contributed by atoms with Crippen molar-refractivity contribution in [3.05, 3.63) is 55.6 Å². The molecule has 1 atom stereocenters. The molecule has 2 nitrogen and oxygen atoms in total. The Balaban J connectivity index is 2.17. The molecule has 0 aliphatic heterocycles. The first-order chi connectivity index (χ1) is 9.51. The average molecular weight is 446 g/mol. The van der Waals surface area contributed by atoms with Crippen LogP contribution in [0.2, 0.25) is 0 Å². The molecular weight excluding hydrogens is 429 g/mol. The van der Waals surface area contributed by atoms with E-state index in [4.69, 9.17) is 4.74 Å². The summed E-state index contributed by atoms with van der Waals surface area (Å²) in [6, 6.07) is 12.8. The standard InChI is InChI=1S/C16H17BrINO/c1-10-4-6-13(9-15(10)18)19-11(2)12-5-7-16(20-3)14(17)8-12/h4-9,11,19H,1-3H3. The van der Waals surface area contributed by atoms with Crippen LogP contribution in [0.4, 0.5) is 5.69 Å². The van der Waals surface area contributed by atoms with Crippen LogP contribution in [-0.2, 0) is 0 Å². The van der Waals surface area contributed by atoms with E-state index in [2.05, 4.69) is 88.0 Å². The highest BCUT2D eigenvalue weighted by Gasteiger charge is 2.09. The molecule has 2 aromatic carbocycles. The molecule has 4 heteroatoms. The number of anilines is 1. The van der Waals surface area contributed by atoms with Crippen LogP contribution in [0.15, 0.2) is 40.9 Å². The molecule has 0 aromatic heterocycles. The van der Waals surface area contributed by atoms with Crippen LogP contribution in [0.25, 0.3) is 0 Å². The second-order valence-corrected chi connectivity index (χ2v) is 6.74. The van der Waals surface area contributed by atoms with E-state index in [0.29, 0.717) is 0 Å². The molecule has 0 spiro atoms. The number of methoxy groups -OCH3 is 1. The maximum absolute atomic E-state index is 5.26. The topological polar surface area (TPSA) is 21.3 Å². The molecule has 0 saturated carbocycles. The molecule has 2 aromatic rings. The van der Waals surface area contributed by atoms with Crippen LogP contribution in [-0.4, -0.2) is 7.11 Å². The fourth-order valence-electron chi connectivity index (χ4n) is 1.97. The summed E-state index contributed by atoms with van der Waals surface area (Å²) in [5.74, 6) is 0.853. The van der Waals surface area contributed by atoms with Crippen molar-refractivity contribution < 1.29 is 4.74 Å². The number of benzene rings is 2. The van der Waals surface area contributed by atoms with E-state index in [1.807, 2.05) is 6.07 Å². The van der Waals surface area contributed by atoms with E-state index in [0.717, 1.165) is 15.9 Å². The van der Waals surface area contributed by atoms with Crippen LogP contribution >= 0.6 is 38.5 Å². The fraction of sp³-hybridized carbons (Fsp3) is 0.250. The number of hydrogen-bond acceptors (Lipinski definition) is 2. The van der Waals surface area contributed by atoms with Crippen LogP contribution < -0.4 is 10.1 Å². The van der Waals surface area contributed by atoms with Crippen LogP contribution in [0.3, 0.4) is 0 Å². The molecule has 0 heterocycles. The largest absolute Gasteiger partial charge is 0.496 e. The molecule has 0 aliphatic carbocycles. The van der Waals surface area contributed by atoms with Crippen molar-refractivity contribution in [1.82, 2.24) is 0 Å². The van der Waals surface area contributed by atoms with Gasteiger partial charge in [0.05, 0.1) is 11.6 Å². The number of nitrogens with one attached hydrogen (secondary N) is 1. The number of rotatable bonds is 4. The van der Waals surface area contributed by atoms with Crippen molar-refractivity contribution in [2.45, 2.75) is 19.9 Å². The van der Waals surface area contributed by atoms with E-state index in [1.54, 1.807) is 7.11 Å².